The Bertz CT molecular complexity index is 1380. The Morgan fingerprint density at radius 1 is 0.702 bits per heavy atom. The van der Waals surface area contributed by atoms with Crippen molar-refractivity contribution in [2.24, 2.45) is 0 Å². The van der Waals surface area contributed by atoms with Gasteiger partial charge in [-0.2, -0.15) is 0 Å². The van der Waals surface area contributed by atoms with Gasteiger partial charge in [-0.3, -0.25) is 33.9 Å². The van der Waals surface area contributed by atoms with E-state index in [9.17, 15) is 44.7 Å². The van der Waals surface area contributed by atoms with Crippen LogP contribution in [0.15, 0.2) is 54.6 Å². The first-order valence-electron chi connectivity index (χ1n) is 15.8. The van der Waals surface area contributed by atoms with Crippen molar-refractivity contribution in [3.63, 3.8) is 0 Å². The summed E-state index contributed by atoms with van der Waals surface area (Å²) in [5.41, 5.74) is 2.43. The number of carbonyl (C=O) groups is 4. The molecule has 1 unspecified atom stereocenters. The van der Waals surface area contributed by atoms with Crippen molar-refractivity contribution in [2.45, 2.75) is 32.2 Å². The summed E-state index contributed by atoms with van der Waals surface area (Å²) in [4.78, 5) is 55.5. The second-order valence-corrected chi connectivity index (χ2v) is 11.8. The van der Waals surface area contributed by atoms with Crippen molar-refractivity contribution in [2.75, 3.05) is 72.0 Å². The largest absolute Gasteiger partial charge is 0.504 e. The first kappa shape index (κ1) is 37.2. The van der Waals surface area contributed by atoms with E-state index in [1.807, 2.05) is 41.0 Å². The Balaban J connectivity index is 1.76. The lowest BCUT2D eigenvalue weighted by Crippen LogP contribution is -2.53. The molecule has 47 heavy (non-hydrogen) atoms. The van der Waals surface area contributed by atoms with E-state index in [0.29, 0.717) is 58.7 Å². The van der Waals surface area contributed by atoms with Gasteiger partial charge in [0.25, 0.3) is 0 Å². The number of aromatic hydroxyl groups is 2. The van der Waals surface area contributed by atoms with E-state index in [0.717, 1.165) is 23.2 Å². The van der Waals surface area contributed by atoms with Crippen LogP contribution >= 0.6 is 0 Å². The zero-order chi connectivity index (χ0) is 34.3. The Kier molecular flexibility index (Phi) is 14.8. The third-order valence-electron chi connectivity index (χ3n) is 8.23. The number of ketones is 1. The molecule has 0 spiro atoms. The lowest BCUT2D eigenvalue weighted by atomic mass is 10.00. The molecule has 0 aromatic heterocycles. The predicted molar refractivity (Wildman–Crippen MR) is 175 cm³/mol. The molecule has 5 N–H and O–H groups in total. The number of phenols is 2. The zero-order valence-electron chi connectivity index (χ0n) is 26.8. The minimum atomic E-state index is -1.03. The van der Waals surface area contributed by atoms with Gasteiger partial charge in [0.2, 0.25) is 0 Å². The normalized spacial score (nSPS) is 18.0. The molecule has 256 valence electrons. The fourth-order valence-electron chi connectivity index (χ4n) is 5.67. The number of hydrogen-bond acceptors (Lipinski definition) is 10. The van der Waals surface area contributed by atoms with Gasteiger partial charge in [0.1, 0.15) is 0 Å². The summed E-state index contributed by atoms with van der Waals surface area (Å²) < 4.78 is 0. The molecule has 13 heteroatoms. The Labute approximate surface area is 274 Å². The second kappa shape index (κ2) is 18.7. The number of carboxylic acid groups (broad SMARTS) is 3. The van der Waals surface area contributed by atoms with E-state index in [-0.39, 0.29) is 49.4 Å². The number of benzene rings is 2. The molecule has 13 nitrogen and oxygen atoms in total. The van der Waals surface area contributed by atoms with Crippen molar-refractivity contribution >= 4 is 23.7 Å². The number of likely N-dealkylation sites (N-methyl/N-ethyl adjacent to an activating group) is 1. The number of carboxylic acids is 3. The molecule has 1 aliphatic heterocycles. The number of aliphatic carboxylic acids is 3. The van der Waals surface area contributed by atoms with Crippen LogP contribution in [-0.4, -0.2) is 147 Å². The summed E-state index contributed by atoms with van der Waals surface area (Å²) in [5.74, 6) is -3.49. The Hall–Kier alpha value is -4.30. The molecule has 1 fully saturated rings. The van der Waals surface area contributed by atoms with Crippen LogP contribution in [0.3, 0.4) is 0 Å². The van der Waals surface area contributed by atoms with Gasteiger partial charge in [-0.15, -0.1) is 0 Å². The molecular weight excluding hydrogens is 608 g/mol. The number of hydrogen-bond donors (Lipinski definition) is 5. The number of rotatable bonds is 14. The van der Waals surface area contributed by atoms with Gasteiger partial charge in [-0.25, -0.2) is 0 Å². The van der Waals surface area contributed by atoms with Crippen LogP contribution in [0.2, 0.25) is 0 Å². The van der Waals surface area contributed by atoms with Crippen LogP contribution in [0.4, 0.5) is 0 Å². The third kappa shape index (κ3) is 13.5. The van der Waals surface area contributed by atoms with Crippen LogP contribution in [0.5, 0.6) is 11.5 Å². The van der Waals surface area contributed by atoms with Gasteiger partial charge in [0.15, 0.2) is 17.3 Å². The molecule has 0 amide bonds. The molecule has 0 radical (unpaired) electrons. The van der Waals surface area contributed by atoms with Crippen LogP contribution < -0.4 is 0 Å². The summed E-state index contributed by atoms with van der Waals surface area (Å²) in [5, 5.41) is 48.0. The summed E-state index contributed by atoms with van der Waals surface area (Å²) in [7, 11) is 0. The summed E-state index contributed by atoms with van der Waals surface area (Å²) in [6.07, 6.45) is 4.19. The van der Waals surface area contributed by atoms with Gasteiger partial charge in [-0.1, -0.05) is 43.3 Å². The highest BCUT2D eigenvalue weighted by Crippen LogP contribution is 2.25. The van der Waals surface area contributed by atoms with Gasteiger partial charge in [-0.05, 0) is 54.3 Å². The van der Waals surface area contributed by atoms with Crippen LogP contribution in [0.1, 0.15) is 23.6 Å². The molecule has 3 rings (SSSR count). The van der Waals surface area contributed by atoms with E-state index in [2.05, 4.69) is 4.90 Å². The fourth-order valence-corrected chi connectivity index (χ4v) is 5.67. The average molecular weight is 655 g/mol. The first-order chi connectivity index (χ1) is 22.4. The topological polar surface area (TPSA) is 182 Å². The molecule has 1 saturated heterocycles. The van der Waals surface area contributed by atoms with Crippen molar-refractivity contribution in [3.8, 4) is 11.5 Å². The monoisotopic (exact) mass is 654 g/mol. The maximum atomic E-state index is 12.6. The minimum absolute atomic E-state index is 0.107. The number of phenolic OH excluding ortho intramolecular Hbond substituents is 2. The zero-order valence-corrected chi connectivity index (χ0v) is 26.8. The smallest absolute Gasteiger partial charge is 0.317 e. The fraction of sp³-hybridized carbons (Fsp3) is 0.471. The van der Waals surface area contributed by atoms with Crippen molar-refractivity contribution < 1.29 is 44.7 Å². The van der Waals surface area contributed by atoms with Crippen LogP contribution in [-0.2, 0) is 38.4 Å². The Morgan fingerprint density at radius 2 is 1.26 bits per heavy atom. The van der Waals surface area contributed by atoms with E-state index < -0.39 is 17.9 Å². The molecule has 1 aliphatic rings. The molecular formula is C34H46N4O9. The predicted octanol–water partition coefficient (Wildman–Crippen LogP) is 1.41. The SMILES string of the molecule is CCN1CCN(CC(=O)O)CCN(CC(=O)O)C(Cc2ccc(CC(=O)/C=C/Cc3ccc(O)c(O)c3)cc2)CN(CC(=O)O)CC1. The van der Waals surface area contributed by atoms with E-state index in [1.54, 1.807) is 17.0 Å². The number of allylic oxidation sites excluding steroid dienone is 2. The highest BCUT2D eigenvalue weighted by molar-refractivity contribution is 5.91. The lowest BCUT2D eigenvalue weighted by Gasteiger charge is -2.37. The molecule has 1 heterocycles. The number of nitrogens with zero attached hydrogens (tertiary/aromatic N) is 4. The standard InChI is InChI=1S/C34H46N4O9/c1-2-35-12-14-36(22-32(42)43)16-17-38(24-34(46)47)28(21-37(15-13-35)23-33(44)45)18-26-6-8-27(9-7-26)19-29(39)5-3-4-25-10-11-30(40)31(41)20-25/h3,5-11,20,28,40-41H,2,4,12-19,21-24H2,1H3,(H,42,43)(H,44,45)(H,46,47)/b5-3+. The molecule has 2 aromatic rings. The van der Waals surface area contributed by atoms with Crippen molar-refractivity contribution in [1.29, 1.82) is 0 Å². The van der Waals surface area contributed by atoms with Gasteiger partial charge in [0, 0.05) is 58.3 Å². The minimum Gasteiger partial charge on any atom is -0.504 e. The molecule has 0 bridgehead atoms. The first-order valence-corrected chi connectivity index (χ1v) is 15.8. The van der Waals surface area contributed by atoms with Gasteiger partial charge in [0.05, 0.1) is 19.6 Å². The highest BCUT2D eigenvalue weighted by Gasteiger charge is 2.27. The average Bonchev–Trinajstić information content (AvgIpc) is 3.00. The second-order valence-electron chi connectivity index (χ2n) is 11.8. The maximum absolute atomic E-state index is 12.6. The van der Waals surface area contributed by atoms with Crippen LogP contribution in [0, 0.1) is 0 Å². The number of carbonyl (C=O) groups excluding carboxylic acids is 1. The van der Waals surface area contributed by atoms with Gasteiger partial charge < -0.3 is 30.4 Å². The molecule has 2 aromatic carbocycles. The Morgan fingerprint density at radius 3 is 1.87 bits per heavy atom. The quantitative estimate of drug-likeness (QED) is 0.146. The molecule has 0 aliphatic carbocycles. The highest BCUT2D eigenvalue weighted by atomic mass is 16.4. The third-order valence-corrected chi connectivity index (χ3v) is 8.23. The van der Waals surface area contributed by atoms with Crippen molar-refractivity contribution in [1.82, 2.24) is 19.6 Å². The maximum Gasteiger partial charge on any atom is 0.317 e. The van der Waals surface area contributed by atoms with Gasteiger partial charge >= 0.3 is 17.9 Å². The van der Waals surface area contributed by atoms with Crippen molar-refractivity contribution in [3.05, 3.63) is 71.3 Å². The van der Waals surface area contributed by atoms with E-state index >= 15 is 0 Å². The van der Waals surface area contributed by atoms with E-state index in [1.165, 1.54) is 18.2 Å². The van der Waals surface area contributed by atoms with Crippen LogP contribution in [0.25, 0.3) is 0 Å². The lowest BCUT2D eigenvalue weighted by molar-refractivity contribution is -0.141. The van der Waals surface area contributed by atoms with E-state index in [4.69, 9.17) is 0 Å². The summed E-state index contributed by atoms with van der Waals surface area (Å²) in [6, 6.07) is 11.6. The summed E-state index contributed by atoms with van der Waals surface area (Å²) >= 11 is 0. The molecule has 1 atom stereocenters. The molecule has 0 saturated carbocycles. The summed E-state index contributed by atoms with van der Waals surface area (Å²) in [6.45, 7) is 5.18.